The van der Waals surface area contributed by atoms with Gasteiger partial charge in [-0.25, -0.2) is 0 Å². The Morgan fingerprint density at radius 2 is 2.00 bits per heavy atom. The Kier molecular flexibility index (Phi) is 7.12. The molecule has 0 bridgehead atoms. The van der Waals surface area contributed by atoms with E-state index in [4.69, 9.17) is 5.11 Å². The molecule has 1 fully saturated rings. The minimum Gasteiger partial charge on any atom is -0.481 e. The first-order valence-corrected chi connectivity index (χ1v) is 7.52. The van der Waals surface area contributed by atoms with Crippen LogP contribution >= 0.6 is 11.8 Å². The van der Waals surface area contributed by atoms with E-state index in [1.807, 2.05) is 0 Å². The lowest BCUT2D eigenvalue weighted by atomic mass is 10.1. The minimum atomic E-state index is -0.879. The molecule has 1 saturated heterocycles. The van der Waals surface area contributed by atoms with Crippen LogP contribution in [-0.4, -0.2) is 59.6 Å². The molecular weight excluding hydrogens is 252 g/mol. The average molecular weight is 274 g/mol. The van der Waals surface area contributed by atoms with Gasteiger partial charge in [0, 0.05) is 13.1 Å². The first-order chi connectivity index (χ1) is 8.58. The molecule has 1 atom stereocenters. The van der Waals surface area contributed by atoms with Gasteiger partial charge in [0.1, 0.15) is 0 Å². The van der Waals surface area contributed by atoms with Gasteiger partial charge in [0.15, 0.2) is 0 Å². The number of nitrogens with one attached hydrogen (secondary N) is 1. The van der Waals surface area contributed by atoms with Crippen LogP contribution in [0.15, 0.2) is 0 Å². The molecule has 1 heterocycles. The highest BCUT2D eigenvalue weighted by atomic mass is 32.2. The van der Waals surface area contributed by atoms with Crippen molar-refractivity contribution in [2.75, 3.05) is 37.7 Å². The summed E-state index contributed by atoms with van der Waals surface area (Å²) in [5.74, 6) is -0.305. The third-order valence-electron chi connectivity index (χ3n) is 2.87. The summed E-state index contributed by atoms with van der Waals surface area (Å²) >= 11 is 1.13. The van der Waals surface area contributed by atoms with Crippen molar-refractivity contribution in [1.29, 1.82) is 0 Å². The van der Waals surface area contributed by atoms with Gasteiger partial charge in [0.2, 0.25) is 5.91 Å². The van der Waals surface area contributed by atoms with Crippen molar-refractivity contribution in [2.45, 2.75) is 19.8 Å². The number of carbonyl (C=O) groups excluding carboxylic acids is 1. The fourth-order valence-corrected chi connectivity index (χ4v) is 2.60. The Hall–Kier alpha value is -0.750. The molecule has 1 unspecified atom stereocenters. The predicted octanol–water partition coefficient (Wildman–Crippen LogP) is 0.652. The number of likely N-dealkylation sites (tertiary alicyclic amines) is 1. The number of carboxylic acid groups (broad SMARTS) is 1. The maximum Gasteiger partial charge on any atom is 0.313 e. The Bertz CT molecular complexity index is 280. The van der Waals surface area contributed by atoms with E-state index in [0.717, 1.165) is 18.3 Å². The van der Waals surface area contributed by atoms with Gasteiger partial charge in [-0.2, -0.15) is 0 Å². The van der Waals surface area contributed by atoms with E-state index in [2.05, 4.69) is 17.1 Å². The molecule has 0 radical (unpaired) electrons. The van der Waals surface area contributed by atoms with E-state index >= 15 is 0 Å². The second-order valence-corrected chi connectivity index (χ2v) is 5.79. The second kappa shape index (κ2) is 8.37. The van der Waals surface area contributed by atoms with Crippen molar-refractivity contribution < 1.29 is 14.7 Å². The minimum absolute atomic E-state index is 0.0171. The molecule has 5 nitrogen and oxygen atoms in total. The average Bonchev–Trinajstić information content (AvgIpc) is 2.78. The van der Waals surface area contributed by atoms with Crippen LogP contribution in [0.4, 0.5) is 0 Å². The van der Waals surface area contributed by atoms with E-state index in [1.54, 1.807) is 0 Å². The van der Waals surface area contributed by atoms with Crippen LogP contribution in [-0.2, 0) is 9.59 Å². The van der Waals surface area contributed by atoms with Crippen molar-refractivity contribution in [2.24, 2.45) is 5.92 Å². The Morgan fingerprint density at radius 1 is 1.33 bits per heavy atom. The number of amides is 1. The van der Waals surface area contributed by atoms with Crippen LogP contribution in [0.5, 0.6) is 0 Å². The van der Waals surface area contributed by atoms with Gasteiger partial charge in [0.05, 0.1) is 11.5 Å². The molecule has 1 aliphatic rings. The summed E-state index contributed by atoms with van der Waals surface area (Å²) in [5.41, 5.74) is 0. The van der Waals surface area contributed by atoms with Gasteiger partial charge < -0.3 is 15.3 Å². The molecule has 0 aromatic heterocycles. The maximum absolute atomic E-state index is 11.4. The summed E-state index contributed by atoms with van der Waals surface area (Å²) in [7, 11) is 0. The first-order valence-electron chi connectivity index (χ1n) is 6.36. The van der Waals surface area contributed by atoms with Crippen LogP contribution in [0.25, 0.3) is 0 Å². The highest BCUT2D eigenvalue weighted by Gasteiger charge is 2.15. The third kappa shape index (κ3) is 6.86. The number of thioether (sulfide) groups is 1. The summed E-state index contributed by atoms with van der Waals surface area (Å²) < 4.78 is 0. The van der Waals surface area contributed by atoms with E-state index in [-0.39, 0.29) is 17.4 Å². The van der Waals surface area contributed by atoms with Crippen molar-refractivity contribution in [3.63, 3.8) is 0 Å². The summed E-state index contributed by atoms with van der Waals surface area (Å²) in [4.78, 5) is 24.1. The highest BCUT2D eigenvalue weighted by Crippen LogP contribution is 2.09. The Morgan fingerprint density at radius 3 is 2.61 bits per heavy atom. The van der Waals surface area contributed by atoms with Crippen molar-refractivity contribution in [1.82, 2.24) is 10.2 Å². The summed E-state index contributed by atoms with van der Waals surface area (Å²) in [6.07, 6.45) is 2.57. The molecule has 0 aliphatic carbocycles. The topological polar surface area (TPSA) is 69.6 Å². The Labute approximate surface area is 112 Å². The number of nitrogens with zero attached hydrogens (tertiary/aromatic N) is 1. The van der Waals surface area contributed by atoms with Crippen LogP contribution in [0, 0.1) is 5.92 Å². The molecule has 18 heavy (non-hydrogen) atoms. The fraction of sp³-hybridized carbons (Fsp3) is 0.833. The van der Waals surface area contributed by atoms with E-state index < -0.39 is 5.97 Å². The zero-order valence-electron chi connectivity index (χ0n) is 10.9. The number of hydrogen-bond donors (Lipinski definition) is 2. The molecular formula is C12H22N2O3S. The lowest BCUT2D eigenvalue weighted by Gasteiger charge is -2.20. The lowest BCUT2D eigenvalue weighted by Crippen LogP contribution is -2.35. The summed E-state index contributed by atoms with van der Waals surface area (Å²) in [6, 6.07) is 0. The number of rotatable bonds is 8. The van der Waals surface area contributed by atoms with Gasteiger partial charge in [0.25, 0.3) is 0 Å². The van der Waals surface area contributed by atoms with E-state index in [9.17, 15) is 9.59 Å². The van der Waals surface area contributed by atoms with E-state index in [1.165, 1.54) is 25.9 Å². The number of hydrogen-bond acceptors (Lipinski definition) is 4. The molecule has 0 spiro atoms. The molecule has 0 aromatic rings. The van der Waals surface area contributed by atoms with Crippen molar-refractivity contribution >= 4 is 23.6 Å². The van der Waals surface area contributed by atoms with Crippen LogP contribution < -0.4 is 5.32 Å². The molecule has 0 aromatic carbocycles. The second-order valence-electron chi connectivity index (χ2n) is 4.80. The predicted molar refractivity (Wildman–Crippen MR) is 72.8 cm³/mol. The monoisotopic (exact) mass is 274 g/mol. The number of carboxylic acids is 1. The number of carbonyl (C=O) groups is 2. The van der Waals surface area contributed by atoms with Crippen LogP contribution in [0.1, 0.15) is 19.8 Å². The quantitative estimate of drug-likeness (QED) is 0.680. The SMILES string of the molecule is CC(CNC(=O)CSCC(=O)O)CN1CCCC1. The van der Waals surface area contributed by atoms with Gasteiger partial charge in [-0.15, -0.1) is 11.8 Å². The molecule has 0 saturated carbocycles. The standard InChI is InChI=1S/C12H22N2O3S/c1-10(7-14-4-2-3-5-14)6-13-11(15)8-18-9-12(16)17/h10H,2-9H2,1H3,(H,13,15)(H,16,17). The molecule has 1 aliphatic heterocycles. The number of aliphatic carboxylic acids is 1. The van der Waals surface area contributed by atoms with Gasteiger partial charge in [-0.05, 0) is 31.8 Å². The molecule has 1 rings (SSSR count). The smallest absolute Gasteiger partial charge is 0.313 e. The van der Waals surface area contributed by atoms with Crippen LogP contribution in [0.3, 0.4) is 0 Å². The molecule has 2 N–H and O–H groups in total. The fourth-order valence-electron chi connectivity index (χ4n) is 2.04. The largest absolute Gasteiger partial charge is 0.481 e. The maximum atomic E-state index is 11.4. The third-order valence-corrected chi connectivity index (χ3v) is 3.79. The summed E-state index contributed by atoms with van der Waals surface area (Å²) in [5, 5.41) is 11.3. The zero-order chi connectivity index (χ0) is 13.4. The molecule has 1 amide bonds. The summed E-state index contributed by atoms with van der Waals surface area (Å²) in [6.45, 7) is 6.17. The molecule has 6 heteroatoms. The Balaban J connectivity index is 2.03. The normalized spacial score (nSPS) is 17.6. The van der Waals surface area contributed by atoms with Gasteiger partial charge >= 0.3 is 5.97 Å². The first kappa shape index (κ1) is 15.3. The van der Waals surface area contributed by atoms with Crippen molar-refractivity contribution in [3.8, 4) is 0 Å². The zero-order valence-corrected chi connectivity index (χ0v) is 11.7. The van der Waals surface area contributed by atoms with Crippen LogP contribution in [0.2, 0.25) is 0 Å². The van der Waals surface area contributed by atoms with Gasteiger partial charge in [-0.3, -0.25) is 9.59 Å². The van der Waals surface area contributed by atoms with E-state index in [0.29, 0.717) is 12.5 Å². The van der Waals surface area contributed by atoms with Gasteiger partial charge in [-0.1, -0.05) is 6.92 Å². The lowest BCUT2D eigenvalue weighted by molar-refractivity contribution is -0.133. The van der Waals surface area contributed by atoms with Crippen molar-refractivity contribution in [3.05, 3.63) is 0 Å². The molecule has 104 valence electrons. The highest BCUT2D eigenvalue weighted by molar-refractivity contribution is 8.00.